The van der Waals surface area contributed by atoms with Crippen LogP contribution in [0.3, 0.4) is 0 Å². The van der Waals surface area contributed by atoms with Gasteiger partial charge in [0.05, 0.1) is 12.8 Å². The summed E-state index contributed by atoms with van der Waals surface area (Å²) >= 11 is 0. The molecule has 1 heterocycles. The first-order chi connectivity index (χ1) is 11.9. The summed E-state index contributed by atoms with van der Waals surface area (Å²) in [6, 6.07) is 6.53. The van der Waals surface area contributed by atoms with Gasteiger partial charge < -0.3 is 15.1 Å². The third-order valence-corrected chi connectivity index (χ3v) is 4.57. The van der Waals surface area contributed by atoms with Crippen LogP contribution < -0.4 is 14.9 Å². The van der Waals surface area contributed by atoms with Gasteiger partial charge in [0, 0.05) is 45.0 Å². The Morgan fingerprint density at radius 1 is 1.19 bits per heavy atom. The number of rotatable bonds is 6. The van der Waals surface area contributed by atoms with Crippen molar-refractivity contribution in [2.24, 2.45) is 4.99 Å². The lowest BCUT2D eigenvalue weighted by atomic mass is 10.2. The summed E-state index contributed by atoms with van der Waals surface area (Å²) in [5, 5.41) is 3.24. The van der Waals surface area contributed by atoms with Crippen molar-refractivity contribution in [2.75, 3.05) is 57.0 Å². The lowest BCUT2D eigenvalue weighted by molar-refractivity contribution is 0.372. The van der Waals surface area contributed by atoms with E-state index >= 15 is 0 Å². The molecular formula is C16H27FIN5O2S. The molecule has 0 aromatic heterocycles. The summed E-state index contributed by atoms with van der Waals surface area (Å²) in [6.45, 7) is 6.63. The van der Waals surface area contributed by atoms with E-state index in [4.69, 9.17) is 0 Å². The Kier molecular flexibility index (Phi) is 9.58. The van der Waals surface area contributed by atoms with E-state index in [9.17, 15) is 12.8 Å². The Labute approximate surface area is 172 Å². The van der Waals surface area contributed by atoms with Gasteiger partial charge in [-0.15, -0.1) is 24.0 Å². The second-order valence-corrected chi connectivity index (χ2v) is 7.69. The Morgan fingerprint density at radius 2 is 1.81 bits per heavy atom. The van der Waals surface area contributed by atoms with Gasteiger partial charge in [0.25, 0.3) is 0 Å². The number of anilines is 1. The van der Waals surface area contributed by atoms with Gasteiger partial charge in [0.2, 0.25) is 10.0 Å². The number of piperazine rings is 1. The van der Waals surface area contributed by atoms with Crippen molar-refractivity contribution in [3.8, 4) is 0 Å². The molecule has 148 valence electrons. The number of sulfonamides is 1. The van der Waals surface area contributed by atoms with Crippen LogP contribution in [-0.4, -0.2) is 71.3 Å². The van der Waals surface area contributed by atoms with Crippen LogP contribution in [0, 0.1) is 5.82 Å². The van der Waals surface area contributed by atoms with Gasteiger partial charge >= 0.3 is 0 Å². The maximum absolute atomic E-state index is 13.0. The molecule has 0 bridgehead atoms. The van der Waals surface area contributed by atoms with E-state index < -0.39 is 10.0 Å². The maximum Gasteiger partial charge on any atom is 0.208 e. The molecule has 2 N–H and O–H groups in total. The van der Waals surface area contributed by atoms with Crippen molar-refractivity contribution in [2.45, 2.75) is 6.92 Å². The van der Waals surface area contributed by atoms with Crippen molar-refractivity contribution >= 4 is 45.6 Å². The molecule has 0 amide bonds. The quantitative estimate of drug-likeness (QED) is 0.265. The minimum Gasteiger partial charge on any atom is -0.368 e. The smallest absolute Gasteiger partial charge is 0.208 e. The Balaban J connectivity index is 0.00000338. The number of halogens is 2. The largest absolute Gasteiger partial charge is 0.368 e. The number of guanidine groups is 1. The molecule has 1 fully saturated rings. The van der Waals surface area contributed by atoms with E-state index in [2.05, 4.69) is 24.8 Å². The number of hydrogen-bond acceptors (Lipinski definition) is 4. The van der Waals surface area contributed by atoms with Crippen LogP contribution in [-0.2, 0) is 10.0 Å². The number of hydrogen-bond donors (Lipinski definition) is 2. The molecule has 1 aromatic rings. The number of benzene rings is 1. The fourth-order valence-electron chi connectivity index (χ4n) is 2.65. The van der Waals surface area contributed by atoms with Crippen LogP contribution >= 0.6 is 24.0 Å². The zero-order valence-electron chi connectivity index (χ0n) is 15.1. The summed E-state index contributed by atoms with van der Waals surface area (Å²) in [5.41, 5.74) is 1.01. The molecule has 0 spiro atoms. The molecule has 1 saturated heterocycles. The fraction of sp³-hybridized carbons (Fsp3) is 0.562. The van der Waals surface area contributed by atoms with E-state index in [0.29, 0.717) is 6.54 Å². The molecular weight excluding hydrogens is 472 g/mol. The molecule has 26 heavy (non-hydrogen) atoms. The standard InChI is InChI=1S/C16H26FN5O2S.HI/c1-3-18-16(19-8-9-20-25(2,23)24)22-12-10-21(11-13-22)15-6-4-14(17)5-7-15;/h4-7,20H,3,8-13H2,1-2H3,(H,18,19);1H. The van der Waals surface area contributed by atoms with Gasteiger partial charge in [-0.1, -0.05) is 0 Å². The first-order valence-electron chi connectivity index (χ1n) is 8.37. The zero-order chi connectivity index (χ0) is 18.3. The highest BCUT2D eigenvalue weighted by Crippen LogP contribution is 2.16. The van der Waals surface area contributed by atoms with E-state index in [1.165, 1.54) is 12.1 Å². The molecule has 0 saturated carbocycles. The Morgan fingerprint density at radius 3 is 2.35 bits per heavy atom. The molecule has 1 aromatic carbocycles. The van der Waals surface area contributed by atoms with Gasteiger partial charge in [-0.05, 0) is 31.2 Å². The summed E-state index contributed by atoms with van der Waals surface area (Å²) < 4.78 is 37.6. The molecule has 0 atom stereocenters. The minimum atomic E-state index is -3.19. The second kappa shape index (κ2) is 10.9. The van der Waals surface area contributed by atoms with Gasteiger partial charge in [0.15, 0.2) is 5.96 Å². The normalized spacial score (nSPS) is 15.6. The monoisotopic (exact) mass is 499 g/mol. The highest BCUT2D eigenvalue weighted by molar-refractivity contribution is 14.0. The van der Waals surface area contributed by atoms with Gasteiger partial charge in [0.1, 0.15) is 5.82 Å². The molecule has 0 unspecified atom stereocenters. The minimum absolute atomic E-state index is 0. The van der Waals surface area contributed by atoms with Gasteiger partial charge in [-0.25, -0.2) is 17.5 Å². The number of nitrogens with zero attached hydrogens (tertiary/aromatic N) is 3. The third kappa shape index (κ3) is 7.62. The molecule has 10 heteroatoms. The van der Waals surface area contributed by atoms with Crippen LogP contribution in [0.15, 0.2) is 29.3 Å². The van der Waals surface area contributed by atoms with E-state index in [1.807, 2.05) is 6.92 Å². The molecule has 2 rings (SSSR count). The Hall–Kier alpha value is -1.14. The highest BCUT2D eigenvalue weighted by atomic mass is 127. The van der Waals surface area contributed by atoms with Crippen LogP contribution in [0.5, 0.6) is 0 Å². The molecule has 7 nitrogen and oxygen atoms in total. The van der Waals surface area contributed by atoms with E-state index in [1.54, 1.807) is 12.1 Å². The van der Waals surface area contributed by atoms with Crippen molar-refractivity contribution in [1.29, 1.82) is 0 Å². The average Bonchev–Trinajstić information content (AvgIpc) is 2.58. The van der Waals surface area contributed by atoms with Crippen LogP contribution in [0.4, 0.5) is 10.1 Å². The summed E-state index contributed by atoms with van der Waals surface area (Å²) in [4.78, 5) is 8.86. The molecule has 0 radical (unpaired) electrons. The van der Waals surface area contributed by atoms with Gasteiger partial charge in [-0.2, -0.15) is 0 Å². The van der Waals surface area contributed by atoms with E-state index in [-0.39, 0.29) is 36.3 Å². The predicted molar refractivity (Wildman–Crippen MR) is 114 cm³/mol. The topological polar surface area (TPSA) is 77.0 Å². The third-order valence-electron chi connectivity index (χ3n) is 3.84. The molecule has 1 aliphatic rings. The van der Waals surface area contributed by atoms with Crippen LogP contribution in [0.25, 0.3) is 0 Å². The lowest BCUT2D eigenvalue weighted by Gasteiger charge is -2.37. The summed E-state index contributed by atoms with van der Waals surface area (Å²) in [5.74, 6) is 0.559. The first-order valence-corrected chi connectivity index (χ1v) is 10.3. The zero-order valence-corrected chi connectivity index (χ0v) is 18.3. The maximum atomic E-state index is 13.0. The molecule has 0 aliphatic carbocycles. The fourth-order valence-corrected chi connectivity index (χ4v) is 3.11. The summed E-state index contributed by atoms with van der Waals surface area (Å²) in [7, 11) is -3.19. The summed E-state index contributed by atoms with van der Waals surface area (Å²) in [6.07, 6.45) is 1.14. The number of nitrogens with one attached hydrogen (secondary N) is 2. The highest BCUT2D eigenvalue weighted by Gasteiger charge is 2.19. The lowest BCUT2D eigenvalue weighted by Crippen LogP contribution is -2.52. The van der Waals surface area contributed by atoms with Crippen LogP contribution in [0.1, 0.15) is 6.92 Å². The van der Waals surface area contributed by atoms with Crippen molar-refractivity contribution < 1.29 is 12.8 Å². The SMILES string of the molecule is CCNC(=NCCNS(C)(=O)=O)N1CCN(c2ccc(F)cc2)CC1.I. The predicted octanol–water partition coefficient (Wildman–Crippen LogP) is 1.08. The van der Waals surface area contributed by atoms with Gasteiger partial charge in [-0.3, -0.25) is 4.99 Å². The van der Waals surface area contributed by atoms with E-state index in [0.717, 1.165) is 50.6 Å². The van der Waals surface area contributed by atoms with Crippen LogP contribution in [0.2, 0.25) is 0 Å². The molecule has 1 aliphatic heterocycles. The van der Waals surface area contributed by atoms with Crippen molar-refractivity contribution in [1.82, 2.24) is 14.9 Å². The second-order valence-electron chi connectivity index (χ2n) is 5.85. The first kappa shape index (κ1) is 22.9. The average molecular weight is 499 g/mol. The Bertz CT molecular complexity index is 676. The van der Waals surface area contributed by atoms with Crippen molar-refractivity contribution in [3.63, 3.8) is 0 Å². The van der Waals surface area contributed by atoms with Crippen molar-refractivity contribution in [3.05, 3.63) is 30.1 Å². The number of aliphatic imine (C=N–C) groups is 1.